The van der Waals surface area contributed by atoms with Crippen LogP contribution in [0.4, 0.5) is 13.2 Å². The average molecular weight is 292 g/mol. The second kappa shape index (κ2) is 6.33. The van der Waals surface area contributed by atoms with Gasteiger partial charge in [0.2, 0.25) is 5.91 Å². The molecule has 6 heteroatoms. The lowest BCUT2D eigenvalue weighted by Crippen LogP contribution is -2.48. The summed E-state index contributed by atoms with van der Waals surface area (Å²) in [5.41, 5.74) is 0. The molecule has 1 amide bonds. The zero-order valence-electron chi connectivity index (χ0n) is 11.9. The van der Waals surface area contributed by atoms with Gasteiger partial charge in [0.05, 0.1) is 5.92 Å². The minimum Gasteiger partial charge on any atom is -0.343 e. The molecule has 0 aromatic rings. The third kappa shape index (κ3) is 4.11. The first-order chi connectivity index (χ1) is 9.36. The third-order valence-electron chi connectivity index (χ3n) is 4.60. The van der Waals surface area contributed by atoms with Gasteiger partial charge in [0, 0.05) is 32.1 Å². The first kappa shape index (κ1) is 15.6. The summed E-state index contributed by atoms with van der Waals surface area (Å²) >= 11 is 0. The Morgan fingerprint density at radius 3 is 1.95 bits per heavy atom. The standard InChI is InChI=1S/C14H23F3N2O/c1-10(20)19-8-6-13(7-9-19)18-12-4-2-11(3-5-12)14(15,16)17/h11-13,18H,2-9H2,1H3. The van der Waals surface area contributed by atoms with Crippen molar-refractivity contribution >= 4 is 5.91 Å². The molecule has 1 aliphatic heterocycles. The summed E-state index contributed by atoms with van der Waals surface area (Å²) in [5, 5.41) is 3.48. The summed E-state index contributed by atoms with van der Waals surface area (Å²) < 4.78 is 37.8. The van der Waals surface area contributed by atoms with E-state index < -0.39 is 12.1 Å². The molecule has 2 aliphatic rings. The lowest BCUT2D eigenvalue weighted by Gasteiger charge is -2.36. The van der Waals surface area contributed by atoms with E-state index in [1.165, 1.54) is 0 Å². The van der Waals surface area contributed by atoms with E-state index >= 15 is 0 Å². The molecule has 0 aromatic carbocycles. The number of carbonyl (C=O) groups excluding carboxylic acids is 1. The number of alkyl halides is 3. The molecule has 1 saturated carbocycles. The average Bonchev–Trinajstić information content (AvgIpc) is 2.39. The second-order valence-corrected chi connectivity index (χ2v) is 6.04. The van der Waals surface area contributed by atoms with E-state index in [9.17, 15) is 18.0 Å². The topological polar surface area (TPSA) is 32.3 Å². The van der Waals surface area contributed by atoms with Gasteiger partial charge in [0.15, 0.2) is 0 Å². The zero-order valence-corrected chi connectivity index (χ0v) is 11.9. The molecular formula is C14H23F3N2O. The number of nitrogens with zero attached hydrogens (tertiary/aromatic N) is 1. The molecule has 0 radical (unpaired) electrons. The lowest BCUT2D eigenvalue weighted by molar-refractivity contribution is -0.182. The van der Waals surface area contributed by atoms with Gasteiger partial charge >= 0.3 is 6.18 Å². The molecule has 2 rings (SSSR count). The molecule has 1 aliphatic carbocycles. The van der Waals surface area contributed by atoms with E-state index in [2.05, 4.69) is 5.32 Å². The van der Waals surface area contributed by atoms with E-state index in [1.807, 2.05) is 4.90 Å². The first-order valence-corrected chi connectivity index (χ1v) is 7.44. The predicted molar refractivity (Wildman–Crippen MR) is 70.2 cm³/mol. The number of carbonyl (C=O) groups is 1. The van der Waals surface area contributed by atoms with Gasteiger partial charge in [-0.25, -0.2) is 0 Å². The SMILES string of the molecule is CC(=O)N1CCC(NC2CCC(C(F)(F)F)CC2)CC1. The Morgan fingerprint density at radius 2 is 1.50 bits per heavy atom. The largest absolute Gasteiger partial charge is 0.391 e. The van der Waals surface area contributed by atoms with E-state index in [0.29, 0.717) is 18.9 Å². The van der Waals surface area contributed by atoms with Crippen molar-refractivity contribution in [3.8, 4) is 0 Å². The van der Waals surface area contributed by atoms with Crippen LogP contribution in [0, 0.1) is 5.92 Å². The van der Waals surface area contributed by atoms with Gasteiger partial charge in [-0.1, -0.05) is 0 Å². The van der Waals surface area contributed by atoms with Gasteiger partial charge in [-0.15, -0.1) is 0 Å². The molecule has 1 heterocycles. The number of hydrogen-bond donors (Lipinski definition) is 1. The minimum atomic E-state index is -4.03. The zero-order chi connectivity index (χ0) is 14.8. The van der Waals surface area contributed by atoms with Gasteiger partial charge in [-0.2, -0.15) is 13.2 Å². The Labute approximate surface area is 117 Å². The van der Waals surface area contributed by atoms with Gasteiger partial charge in [-0.05, 0) is 38.5 Å². The van der Waals surface area contributed by atoms with Crippen molar-refractivity contribution in [2.45, 2.75) is 63.7 Å². The van der Waals surface area contributed by atoms with Gasteiger partial charge < -0.3 is 10.2 Å². The Hall–Kier alpha value is -0.780. The molecular weight excluding hydrogens is 269 g/mol. The molecule has 20 heavy (non-hydrogen) atoms. The molecule has 0 atom stereocenters. The number of hydrogen-bond acceptors (Lipinski definition) is 2. The monoisotopic (exact) mass is 292 g/mol. The fourth-order valence-electron chi connectivity index (χ4n) is 3.28. The summed E-state index contributed by atoms with van der Waals surface area (Å²) in [6.45, 7) is 3.09. The van der Waals surface area contributed by atoms with E-state index in [1.54, 1.807) is 6.92 Å². The van der Waals surface area contributed by atoms with Crippen molar-refractivity contribution in [2.75, 3.05) is 13.1 Å². The van der Waals surface area contributed by atoms with Crippen molar-refractivity contribution < 1.29 is 18.0 Å². The van der Waals surface area contributed by atoms with Crippen LogP contribution in [0.5, 0.6) is 0 Å². The summed E-state index contributed by atoms with van der Waals surface area (Å²) in [6, 6.07) is 0.556. The van der Waals surface area contributed by atoms with Crippen molar-refractivity contribution in [2.24, 2.45) is 5.92 Å². The van der Waals surface area contributed by atoms with Gasteiger partial charge in [0.25, 0.3) is 0 Å². The molecule has 0 aromatic heterocycles. The Balaban J connectivity index is 1.70. The predicted octanol–water partition coefficient (Wildman–Crippen LogP) is 2.71. The van der Waals surface area contributed by atoms with Crippen molar-refractivity contribution in [3.05, 3.63) is 0 Å². The van der Waals surface area contributed by atoms with Crippen LogP contribution in [0.1, 0.15) is 45.4 Å². The Kier molecular flexibility index (Phi) is 4.94. The van der Waals surface area contributed by atoms with Crippen LogP contribution in [0.2, 0.25) is 0 Å². The molecule has 1 N–H and O–H groups in total. The van der Waals surface area contributed by atoms with Gasteiger partial charge in [-0.3, -0.25) is 4.79 Å². The first-order valence-electron chi connectivity index (χ1n) is 7.44. The molecule has 116 valence electrons. The summed E-state index contributed by atoms with van der Waals surface area (Å²) in [5.74, 6) is -1.01. The smallest absolute Gasteiger partial charge is 0.343 e. The quantitative estimate of drug-likeness (QED) is 0.848. The second-order valence-electron chi connectivity index (χ2n) is 6.04. The maximum Gasteiger partial charge on any atom is 0.391 e. The molecule has 3 nitrogen and oxygen atoms in total. The molecule has 2 fully saturated rings. The van der Waals surface area contributed by atoms with Crippen LogP contribution >= 0.6 is 0 Å². The Bertz CT molecular complexity index is 330. The van der Waals surface area contributed by atoms with Crippen LogP contribution in [0.25, 0.3) is 0 Å². The number of halogens is 3. The van der Waals surface area contributed by atoms with Crippen LogP contribution in [-0.4, -0.2) is 42.2 Å². The number of likely N-dealkylation sites (tertiary alicyclic amines) is 1. The lowest BCUT2D eigenvalue weighted by atomic mass is 9.85. The molecule has 0 spiro atoms. The number of rotatable bonds is 2. The van der Waals surface area contributed by atoms with Crippen molar-refractivity contribution in [3.63, 3.8) is 0 Å². The van der Waals surface area contributed by atoms with E-state index in [4.69, 9.17) is 0 Å². The van der Waals surface area contributed by atoms with Crippen LogP contribution in [0.3, 0.4) is 0 Å². The summed E-state index contributed by atoms with van der Waals surface area (Å²) in [6.07, 6.45) is -0.523. The van der Waals surface area contributed by atoms with Crippen molar-refractivity contribution in [1.82, 2.24) is 10.2 Å². The number of piperidine rings is 1. The highest BCUT2D eigenvalue weighted by Crippen LogP contribution is 2.37. The van der Waals surface area contributed by atoms with Gasteiger partial charge in [0.1, 0.15) is 0 Å². The normalized spacial score (nSPS) is 29.5. The summed E-state index contributed by atoms with van der Waals surface area (Å²) in [4.78, 5) is 13.1. The maximum absolute atomic E-state index is 12.6. The van der Waals surface area contributed by atoms with Crippen LogP contribution in [-0.2, 0) is 4.79 Å². The highest BCUT2D eigenvalue weighted by atomic mass is 19.4. The minimum absolute atomic E-state index is 0.106. The number of amides is 1. The Morgan fingerprint density at radius 1 is 1.00 bits per heavy atom. The van der Waals surface area contributed by atoms with Crippen LogP contribution < -0.4 is 5.32 Å². The molecule has 0 unspecified atom stereocenters. The number of nitrogens with one attached hydrogen (secondary N) is 1. The third-order valence-corrected chi connectivity index (χ3v) is 4.60. The van der Waals surface area contributed by atoms with E-state index in [0.717, 1.165) is 25.9 Å². The van der Waals surface area contributed by atoms with Crippen molar-refractivity contribution in [1.29, 1.82) is 0 Å². The summed E-state index contributed by atoms with van der Waals surface area (Å²) in [7, 11) is 0. The highest BCUT2D eigenvalue weighted by Gasteiger charge is 2.41. The maximum atomic E-state index is 12.6. The fourth-order valence-corrected chi connectivity index (χ4v) is 3.28. The molecule has 0 bridgehead atoms. The van der Waals surface area contributed by atoms with Crippen LogP contribution in [0.15, 0.2) is 0 Å². The van der Waals surface area contributed by atoms with E-state index in [-0.39, 0.29) is 24.8 Å². The highest BCUT2D eigenvalue weighted by molar-refractivity contribution is 5.73. The molecule has 1 saturated heterocycles. The fraction of sp³-hybridized carbons (Fsp3) is 0.929.